The van der Waals surface area contributed by atoms with Crippen LogP contribution >= 0.6 is 0 Å². The minimum atomic E-state index is -0.207. The molecule has 1 unspecified atom stereocenters. The van der Waals surface area contributed by atoms with Crippen molar-refractivity contribution in [3.8, 4) is 0 Å². The van der Waals surface area contributed by atoms with Crippen LogP contribution < -0.4 is 0 Å². The lowest BCUT2D eigenvalue weighted by Crippen LogP contribution is -2.48. The summed E-state index contributed by atoms with van der Waals surface area (Å²) in [5.74, 6) is -0.0416. The molecule has 2 aromatic heterocycles. The molecule has 0 spiro atoms. The van der Waals surface area contributed by atoms with Crippen molar-refractivity contribution in [1.82, 2.24) is 24.1 Å². The maximum atomic E-state index is 13.4. The van der Waals surface area contributed by atoms with E-state index in [4.69, 9.17) is 0 Å². The van der Waals surface area contributed by atoms with Crippen molar-refractivity contribution in [3.63, 3.8) is 0 Å². The third kappa shape index (κ3) is 3.59. The van der Waals surface area contributed by atoms with E-state index in [-0.39, 0.29) is 23.7 Å². The van der Waals surface area contributed by atoms with Crippen molar-refractivity contribution in [2.24, 2.45) is 0 Å². The normalized spacial score (nSPS) is 20.2. The molecule has 0 radical (unpaired) electrons. The number of aromatic nitrogens is 2. The van der Waals surface area contributed by atoms with Crippen LogP contribution in [0.25, 0.3) is 5.52 Å². The monoisotopic (exact) mass is 397 g/mol. The molecule has 2 aromatic rings. The van der Waals surface area contributed by atoms with Gasteiger partial charge in [0.05, 0.1) is 5.52 Å². The van der Waals surface area contributed by atoms with Crippen LogP contribution in [0.15, 0.2) is 24.4 Å². The molecule has 0 aromatic carbocycles. The van der Waals surface area contributed by atoms with Crippen molar-refractivity contribution in [2.45, 2.75) is 38.6 Å². The molecular weight excluding hydrogens is 370 g/mol. The average Bonchev–Trinajstić information content (AvgIpc) is 3.18. The van der Waals surface area contributed by atoms with Gasteiger partial charge in [0.15, 0.2) is 5.69 Å². The van der Waals surface area contributed by atoms with Crippen LogP contribution in [-0.2, 0) is 4.79 Å². The number of rotatable bonds is 4. The second-order valence-corrected chi connectivity index (χ2v) is 7.73. The molecule has 154 valence electrons. The van der Waals surface area contributed by atoms with Gasteiger partial charge in [-0.2, -0.15) is 0 Å². The zero-order valence-corrected chi connectivity index (χ0v) is 16.8. The van der Waals surface area contributed by atoms with Gasteiger partial charge in [0.25, 0.3) is 11.8 Å². The number of piperidine rings is 1. The molecule has 4 heterocycles. The first kappa shape index (κ1) is 19.4. The van der Waals surface area contributed by atoms with Gasteiger partial charge in [0.2, 0.25) is 12.2 Å². The van der Waals surface area contributed by atoms with E-state index in [9.17, 15) is 14.4 Å². The third-order valence-electron chi connectivity index (χ3n) is 6.05. The lowest BCUT2D eigenvalue weighted by molar-refractivity contribution is -0.119. The Morgan fingerprint density at radius 1 is 1.10 bits per heavy atom. The number of carbonyl (C=O) groups excluding carboxylic acids is 3. The fourth-order valence-corrected chi connectivity index (χ4v) is 4.35. The Kier molecular flexibility index (Phi) is 5.51. The molecule has 4 rings (SSSR count). The number of piperazine rings is 1. The third-order valence-corrected chi connectivity index (χ3v) is 6.05. The van der Waals surface area contributed by atoms with Crippen LogP contribution in [-0.4, -0.2) is 81.1 Å². The molecule has 8 nitrogen and oxygen atoms in total. The number of carbonyl (C=O) groups is 3. The maximum Gasteiger partial charge on any atom is 0.290 e. The Bertz CT molecular complexity index is 916. The molecule has 1 atom stereocenters. The van der Waals surface area contributed by atoms with E-state index in [0.29, 0.717) is 37.4 Å². The van der Waals surface area contributed by atoms with Crippen LogP contribution in [0.1, 0.15) is 53.7 Å². The minimum Gasteiger partial charge on any atom is -0.342 e. The van der Waals surface area contributed by atoms with E-state index in [1.807, 2.05) is 23.1 Å². The van der Waals surface area contributed by atoms with E-state index in [1.54, 1.807) is 20.4 Å². The van der Waals surface area contributed by atoms with Gasteiger partial charge in [0, 0.05) is 45.0 Å². The molecule has 2 fully saturated rings. The summed E-state index contributed by atoms with van der Waals surface area (Å²) < 4.78 is 1.71. The quantitative estimate of drug-likeness (QED) is 0.735. The van der Waals surface area contributed by atoms with Gasteiger partial charge in [-0.25, -0.2) is 4.98 Å². The lowest BCUT2D eigenvalue weighted by Gasteiger charge is -2.34. The first-order valence-electron chi connectivity index (χ1n) is 10.4. The topological polar surface area (TPSA) is 78.2 Å². The second kappa shape index (κ2) is 8.23. The van der Waals surface area contributed by atoms with E-state index in [0.717, 1.165) is 38.6 Å². The second-order valence-electron chi connectivity index (χ2n) is 7.73. The molecule has 2 aliphatic heterocycles. The van der Waals surface area contributed by atoms with Crippen LogP contribution in [0.3, 0.4) is 0 Å². The number of imidazole rings is 1. The molecule has 2 aliphatic rings. The SMILES string of the molecule is CCC1CCCCN1C(=O)c1nc(C(=O)N2CCN(C=O)CC2)n2ccccc12. The zero-order chi connectivity index (χ0) is 20.4. The summed E-state index contributed by atoms with van der Waals surface area (Å²) in [5, 5.41) is 0. The number of likely N-dealkylation sites (tertiary alicyclic amines) is 1. The number of hydrogen-bond acceptors (Lipinski definition) is 4. The van der Waals surface area contributed by atoms with Gasteiger partial charge in [-0.3, -0.25) is 18.8 Å². The summed E-state index contributed by atoms with van der Waals surface area (Å²) in [6.45, 7) is 4.79. The Balaban J connectivity index is 1.66. The van der Waals surface area contributed by atoms with Gasteiger partial charge < -0.3 is 14.7 Å². The largest absolute Gasteiger partial charge is 0.342 e. The van der Waals surface area contributed by atoms with Crippen LogP contribution in [0, 0.1) is 0 Å². The van der Waals surface area contributed by atoms with Crippen molar-refractivity contribution >= 4 is 23.7 Å². The zero-order valence-electron chi connectivity index (χ0n) is 16.8. The standard InChI is InChI=1S/C21H27N5O3/c1-2-16-7-3-5-9-25(16)20(28)18-17-8-4-6-10-26(17)19(22-18)21(29)24-13-11-23(15-27)12-14-24/h4,6,8,10,15-16H,2-3,5,7,9,11-14H2,1H3. The molecule has 0 N–H and O–H groups in total. The fraction of sp³-hybridized carbons (Fsp3) is 0.524. The summed E-state index contributed by atoms with van der Waals surface area (Å²) in [5.41, 5.74) is 1.01. The van der Waals surface area contributed by atoms with Crippen LogP contribution in [0.4, 0.5) is 0 Å². The summed E-state index contributed by atoms with van der Waals surface area (Å²) in [4.78, 5) is 47.3. The summed E-state index contributed by atoms with van der Waals surface area (Å²) in [6, 6.07) is 5.76. The van der Waals surface area contributed by atoms with Crippen molar-refractivity contribution in [3.05, 3.63) is 35.9 Å². The summed E-state index contributed by atoms with van der Waals surface area (Å²) in [6.07, 6.45) is 6.67. The van der Waals surface area contributed by atoms with Gasteiger partial charge in [-0.1, -0.05) is 13.0 Å². The Labute approximate surface area is 170 Å². The number of hydrogen-bond donors (Lipinski definition) is 0. The minimum absolute atomic E-state index is 0.0925. The smallest absolute Gasteiger partial charge is 0.290 e. The van der Waals surface area contributed by atoms with Gasteiger partial charge >= 0.3 is 0 Å². The molecule has 0 saturated carbocycles. The highest BCUT2D eigenvalue weighted by molar-refractivity contribution is 6.02. The van der Waals surface area contributed by atoms with E-state index in [2.05, 4.69) is 11.9 Å². The summed E-state index contributed by atoms with van der Waals surface area (Å²) >= 11 is 0. The van der Waals surface area contributed by atoms with E-state index in [1.165, 1.54) is 0 Å². The van der Waals surface area contributed by atoms with Crippen molar-refractivity contribution < 1.29 is 14.4 Å². The molecule has 0 bridgehead atoms. The molecule has 29 heavy (non-hydrogen) atoms. The number of nitrogens with zero attached hydrogens (tertiary/aromatic N) is 5. The molecule has 8 heteroatoms. The highest BCUT2D eigenvalue weighted by Crippen LogP contribution is 2.24. The Morgan fingerprint density at radius 3 is 2.62 bits per heavy atom. The van der Waals surface area contributed by atoms with Crippen LogP contribution in [0.5, 0.6) is 0 Å². The van der Waals surface area contributed by atoms with Gasteiger partial charge in [-0.15, -0.1) is 0 Å². The van der Waals surface area contributed by atoms with Gasteiger partial charge in [-0.05, 0) is 37.8 Å². The molecule has 0 aliphatic carbocycles. The van der Waals surface area contributed by atoms with Crippen LogP contribution in [0.2, 0.25) is 0 Å². The number of fused-ring (bicyclic) bond motifs is 1. The highest BCUT2D eigenvalue weighted by Gasteiger charge is 2.32. The summed E-state index contributed by atoms with van der Waals surface area (Å²) in [7, 11) is 0. The molecule has 3 amide bonds. The first-order valence-corrected chi connectivity index (χ1v) is 10.4. The average molecular weight is 397 g/mol. The maximum absolute atomic E-state index is 13.4. The number of amides is 3. The number of pyridine rings is 1. The predicted molar refractivity (Wildman–Crippen MR) is 108 cm³/mol. The molecule has 2 saturated heterocycles. The Hall–Kier alpha value is -2.90. The molecular formula is C21H27N5O3. The predicted octanol–water partition coefficient (Wildman–Crippen LogP) is 1.65. The lowest BCUT2D eigenvalue weighted by atomic mass is 9.99. The highest BCUT2D eigenvalue weighted by atomic mass is 16.2. The van der Waals surface area contributed by atoms with Crippen molar-refractivity contribution in [2.75, 3.05) is 32.7 Å². The van der Waals surface area contributed by atoms with E-state index < -0.39 is 0 Å². The fourth-order valence-electron chi connectivity index (χ4n) is 4.35. The van der Waals surface area contributed by atoms with Crippen molar-refractivity contribution in [1.29, 1.82) is 0 Å². The Morgan fingerprint density at radius 2 is 1.90 bits per heavy atom. The van der Waals surface area contributed by atoms with E-state index >= 15 is 0 Å². The first-order chi connectivity index (χ1) is 14.1. The van der Waals surface area contributed by atoms with Gasteiger partial charge in [0.1, 0.15) is 0 Å².